The van der Waals surface area contributed by atoms with E-state index in [-0.39, 0.29) is 12.1 Å². The number of carbonyl (C=O) groups excluding carboxylic acids is 1. The van der Waals surface area contributed by atoms with Gasteiger partial charge in [0.25, 0.3) is 0 Å². The zero-order chi connectivity index (χ0) is 18.2. The minimum absolute atomic E-state index is 0.0608. The van der Waals surface area contributed by atoms with Gasteiger partial charge in [-0.1, -0.05) is 12.1 Å². The van der Waals surface area contributed by atoms with Crippen LogP contribution in [-0.2, 0) is 4.74 Å². The molecule has 0 bridgehead atoms. The van der Waals surface area contributed by atoms with E-state index in [0.717, 1.165) is 43.9 Å². The Labute approximate surface area is 151 Å². The monoisotopic (exact) mass is 348 g/mol. The Morgan fingerprint density at radius 3 is 2.64 bits per heavy atom. The summed E-state index contributed by atoms with van der Waals surface area (Å²) in [7, 11) is 6.07. The molecule has 1 unspecified atom stereocenters. The van der Waals surface area contributed by atoms with Gasteiger partial charge in [0.1, 0.15) is 0 Å². The van der Waals surface area contributed by atoms with E-state index in [1.54, 1.807) is 0 Å². The number of para-hydroxylation sites is 2. The summed E-state index contributed by atoms with van der Waals surface area (Å²) in [5.41, 5.74) is 1.88. The van der Waals surface area contributed by atoms with Crippen LogP contribution in [0.25, 0.3) is 0 Å². The van der Waals surface area contributed by atoms with Crippen LogP contribution in [0, 0.1) is 0 Å². The van der Waals surface area contributed by atoms with Gasteiger partial charge in [-0.15, -0.1) is 0 Å². The highest BCUT2D eigenvalue weighted by atomic mass is 16.5. The van der Waals surface area contributed by atoms with Gasteiger partial charge in [0, 0.05) is 39.8 Å². The maximum atomic E-state index is 12.9. The molecule has 0 aromatic heterocycles. The fourth-order valence-electron chi connectivity index (χ4n) is 2.91. The van der Waals surface area contributed by atoms with Gasteiger partial charge in [-0.05, 0) is 46.0 Å². The third kappa shape index (κ3) is 5.90. The minimum Gasteiger partial charge on any atom is -0.376 e. The van der Waals surface area contributed by atoms with Crippen LogP contribution in [0.2, 0.25) is 0 Å². The molecule has 6 nitrogen and oxygen atoms in total. The Morgan fingerprint density at radius 2 is 2.00 bits per heavy atom. The number of ether oxygens (including phenoxy) is 1. The second-order valence-corrected chi connectivity index (χ2v) is 6.85. The van der Waals surface area contributed by atoms with E-state index in [1.165, 1.54) is 0 Å². The minimum atomic E-state index is -0.0608. The van der Waals surface area contributed by atoms with Crippen molar-refractivity contribution in [1.82, 2.24) is 9.80 Å². The van der Waals surface area contributed by atoms with Gasteiger partial charge in [0.05, 0.1) is 17.5 Å². The summed E-state index contributed by atoms with van der Waals surface area (Å²) in [6.07, 6.45) is 2.26. The Morgan fingerprint density at radius 1 is 1.24 bits per heavy atom. The molecule has 1 atom stereocenters. The maximum absolute atomic E-state index is 12.9. The van der Waals surface area contributed by atoms with Gasteiger partial charge in [-0.2, -0.15) is 0 Å². The van der Waals surface area contributed by atoms with E-state index in [0.29, 0.717) is 13.1 Å². The van der Waals surface area contributed by atoms with Crippen molar-refractivity contribution in [1.29, 1.82) is 0 Å². The summed E-state index contributed by atoms with van der Waals surface area (Å²) in [4.78, 5) is 19.0. The fourth-order valence-corrected chi connectivity index (χ4v) is 2.91. The van der Waals surface area contributed by atoms with Crippen LogP contribution in [0.15, 0.2) is 24.3 Å². The summed E-state index contributed by atoms with van der Waals surface area (Å²) in [6, 6.07) is 7.87. The standard InChI is InChI=1S/C19H32N4O2/c1-5-22(4)18-11-7-6-10-17(18)20-19(24)23(13-12-21(2)3)15-16-9-8-14-25-16/h6-7,10-11,16H,5,8-9,12-15H2,1-4H3,(H,20,24). The molecule has 1 aliphatic heterocycles. The van der Waals surface area contributed by atoms with Gasteiger partial charge in [-0.3, -0.25) is 0 Å². The summed E-state index contributed by atoms with van der Waals surface area (Å²) >= 11 is 0. The molecular formula is C19H32N4O2. The highest BCUT2D eigenvalue weighted by molar-refractivity contribution is 5.93. The molecule has 1 aromatic rings. The number of rotatable bonds is 8. The lowest BCUT2D eigenvalue weighted by atomic mass is 10.2. The number of likely N-dealkylation sites (N-methyl/N-ethyl adjacent to an activating group) is 1. The first-order chi connectivity index (χ1) is 12.0. The molecule has 2 amide bonds. The van der Waals surface area contributed by atoms with Crippen LogP contribution >= 0.6 is 0 Å². The Bertz CT molecular complexity index is 544. The number of nitrogens with one attached hydrogen (secondary N) is 1. The van der Waals surface area contributed by atoms with Gasteiger partial charge < -0.3 is 24.8 Å². The van der Waals surface area contributed by atoms with E-state index in [2.05, 4.69) is 22.0 Å². The second kappa shape index (κ2) is 9.63. The Balaban J connectivity index is 2.07. The molecule has 1 aromatic carbocycles. The van der Waals surface area contributed by atoms with Gasteiger partial charge >= 0.3 is 6.03 Å². The SMILES string of the molecule is CCN(C)c1ccccc1NC(=O)N(CCN(C)C)CC1CCCO1. The zero-order valence-corrected chi connectivity index (χ0v) is 16.0. The van der Waals surface area contributed by atoms with Crippen molar-refractivity contribution in [2.24, 2.45) is 0 Å². The molecule has 1 aliphatic rings. The van der Waals surface area contributed by atoms with Crippen molar-refractivity contribution in [2.45, 2.75) is 25.9 Å². The predicted molar refractivity (Wildman–Crippen MR) is 104 cm³/mol. The maximum Gasteiger partial charge on any atom is 0.322 e. The number of nitrogens with zero attached hydrogens (tertiary/aromatic N) is 3. The Kier molecular flexibility index (Phi) is 7.52. The molecule has 25 heavy (non-hydrogen) atoms. The lowest BCUT2D eigenvalue weighted by molar-refractivity contribution is 0.0820. The first-order valence-corrected chi connectivity index (χ1v) is 9.13. The van der Waals surface area contributed by atoms with Crippen LogP contribution in [0.1, 0.15) is 19.8 Å². The average molecular weight is 348 g/mol. The molecule has 0 spiro atoms. The molecule has 140 valence electrons. The van der Waals surface area contributed by atoms with Crippen molar-refractivity contribution in [2.75, 3.05) is 64.1 Å². The highest BCUT2D eigenvalue weighted by Gasteiger charge is 2.23. The first-order valence-electron chi connectivity index (χ1n) is 9.13. The molecule has 1 saturated heterocycles. The number of anilines is 2. The second-order valence-electron chi connectivity index (χ2n) is 6.85. The number of amides is 2. The van der Waals surface area contributed by atoms with Crippen molar-refractivity contribution in [3.05, 3.63) is 24.3 Å². The lowest BCUT2D eigenvalue weighted by Crippen LogP contribution is -2.43. The summed E-state index contributed by atoms with van der Waals surface area (Å²) in [5.74, 6) is 0. The van der Waals surface area contributed by atoms with Gasteiger partial charge in [0.15, 0.2) is 0 Å². The molecule has 1 fully saturated rings. The predicted octanol–water partition coefficient (Wildman–Crippen LogP) is 2.72. The average Bonchev–Trinajstić information content (AvgIpc) is 3.11. The lowest BCUT2D eigenvalue weighted by Gasteiger charge is -2.28. The van der Waals surface area contributed by atoms with E-state index in [1.807, 2.05) is 50.3 Å². The molecule has 0 radical (unpaired) electrons. The number of carbonyl (C=O) groups is 1. The molecule has 1 N–H and O–H groups in total. The van der Waals surface area contributed by atoms with Crippen molar-refractivity contribution in [3.63, 3.8) is 0 Å². The van der Waals surface area contributed by atoms with Crippen LogP contribution < -0.4 is 10.2 Å². The summed E-state index contributed by atoms with van der Waals surface area (Å²) < 4.78 is 5.73. The third-order valence-electron chi connectivity index (χ3n) is 4.58. The molecular weight excluding hydrogens is 316 g/mol. The number of urea groups is 1. The van der Waals surface area contributed by atoms with E-state index < -0.39 is 0 Å². The highest BCUT2D eigenvalue weighted by Crippen LogP contribution is 2.25. The smallest absolute Gasteiger partial charge is 0.322 e. The quantitative estimate of drug-likeness (QED) is 0.785. The molecule has 0 aliphatic carbocycles. The molecule has 1 heterocycles. The first kappa shape index (κ1) is 19.5. The van der Waals surface area contributed by atoms with E-state index in [4.69, 9.17) is 4.74 Å². The number of hydrogen-bond acceptors (Lipinski definition) is 4. The number of benzene rings is 1. The van der Waals surface area contributed by atoms with Crippen molar-refractivity contribution < 1.29 is 9.53 Å². The largest absolute Gasteiger partial charge is 0.376 e. The normalized spacial score (nSPS) is 16.9. The zero-order valence-electron chi connectivity index (χ0n) is 16.0. The van der Waals surface area contributed by atoms with Crippen LogP contribution in [0.4, 0.5) is 16.2 Å². The molecule has 0 saturated carbocycles. The van der Waals surface area contributed by atoms with Gasteiger partial charge in [0.2, 0.25) is 0 Å². The van der Waals surface area contributed by atoms with Crippen molar-refractivity contribution >= 4 is 17.4 Å². The Hall–Kier alpha value is -1.79. The summed E-state index contributed by atoms with van der Waals surface area (Å²) in [5, 5.41) is 3.09. The fraction of sp³-hybridized carbons (Fsp3) is 0.632. The van der Waals surface area contributed by atoms with Crippen LogP contribution in [-0.4, -0.2) is 75.9 Å². The topological polar surface area (TPSA) is 48.1 Å². The van der Waals surface area contributed by atoms with Crippen LogP contribution in [0.3, 0.4) is 0 Å². The molecule has 6 heteroatoms. The summed E-state index contributed by atoms with van der Waals surface area (Å²) in [6.45, 7) is 5.94. The molecule has 2 rings (SSSR count). The van der Waals surface area contributed by atoms with E-state index in [9.17, 15) is 4.79 Å². The van der Waals surface area contributed by atoms with Crippen LogP contribution in [0.5, 0.6) is 0 Å². The number of hydrogen-bond donors (Lipinski definition) is 1. The van der Waals surface area contributed by atoms with E-state index >= 15 is 0 Å². The van der Waals surface area contributed by atoms with Gasteiger partial charge in [-0.25, -0.2) is 4.79 Å². The van der Waals surface area contributed by atoms with Crippen molar-refractivity contribution in [3.8, 4) is 0 Å². The third-order valence-corrected chi connectivity index (χ3v) is 4.58.